The summed E-state index contributed by atoms with van der Waals surface area (Å²) in [6, 6.07) is 12.4. The van der Waals surface area contributed by atoms with Gasteiger partial charge in [-0.1, -0.05) is 24.3 Å². The number of hydrogen-bond acceptors (Lipinski definition) is 2. The Balaban J connectivity index is 2.54. The van der Waals surface area contributed by atoms with Crippen LogP contribution < -0.4 is 0 Å². The van der Waals surface area contributed by atoms with Crippen LogP contribution in [0.5, 0.6) is 0 Å². The minimum absolute atomic E-state index is 1.09. The summed E-state index contributed by atoms with van der Waals surface area (Å²) in [6.07, 6.45) is 0. The highest BCUT2D eigenvalue weighted by molar-refractivity contribution is 7.17. The van der Waals surface area contributed by atoms with E-state index in [1.165, 1.54) is 10.3 Å². The predicted molar refractivity (Wildman–Crippen MR) is 56.2 cm³/mol. The van der Waals surface area contributed by atoms with Crippen LogP contribution in [0.2, 0.25) is 0 Å². The number of rotatable bonds is 0. The van der Waals surface area contributed by atoms with Crippen LogP contribution in [0.3, 0.4) is 0 Å². The fourth-order valence-corrected chi connectivity index (χ4v) is 2.42. The molecule has 2 aliphatic rings. The van der Waals surface area contributed by atoms with Gasteiger partial charge in [0, 0.05) is 5.56 Å². The zero-order chi connectivity index (χ0) is 8.67. The summed E-state index contributed by atoms with van der Waals surface area (Å²) >= 11 is 1.76. The van der Waals surface area contributed by atoms with Crippen molar-refractivity contribution >= 4 is 21.6 Å². The zero-order valence-electron chi connectivity index (χ0n) is 6.90. The summed E-state index contributed by atoms with van der Waals surface area (Å²) in [5.41, 5.74) is 3.47. The van der Waals surface area contributed by atoms with E-state index in [9.17, 15) is 0 Å². The van der Waals surface area contributed by atoms with Crippen LogP contribution in [0.25, 0.3) is 21.5 Å². The van der Waals surface area contributed by atoms with Crippen LogP contribution in [-0.4, -0.2) is 4.98 Å². The number of aromatic nitrogens is 1. The van der Waals surface area contributed by atoms with Gasteiger partial charge in [0.15, 0.2) is 0 Å². The van der Waals surface area contributed by atoms with Crippen molar-refractivity contribution in [3.8, 4) is 11.3 Å². The lowest BCUT2D eigenvalue weighted by molar-refractivity contribution is 1.48. The zero-order valence-corrected chi connectivity index (χ0v) is 7.71. The van der Waals surface area contributed by atoms with E-state index in [1.807, 2.05) is 12.1 Å². The van der Waals surface area contributed by atoms with Crippen molar-refractivity contribution in [2.24, 2.45) is 0 Å². The lowest BCUT2D eigenvalue weighted by Crippen LogP contribution is -1.66. The van der Waals surface area contributed by atoms with Gasteiger partial charge in [-0.05, 0) is 17.5 Å². The van der Waals surface area contributed by atoms with Gasteiger partial charge in [-0.2, -0.15) is 0 Å². The molecule has 0 fully saturated rings. The van der Waals surface area contributed by atoms with Crippen LogP contribution in [0.1, 0.15) is 0 Å². The van der Waals surface area contributed by atoms with E-state index < -0.39 is 0 Å². The highest BCUT2D eigenvalue weighted by atomic mass is 32.1. The van der Waals surface area contributed by atoms with Crippen molar-refractivity contribution < 1.29 is 0 Å². The molecule has 13 heavy (non-hydrogen) atoms. The molecule has 0 spiro atoms. The molecule has 1 aliphatic carbocycles. The monoisotopic (exact) mass is 185 g/mol. The first-order valence-corrected chi connectivity index (χ1v) is 5.05. The molecular weight excluding hydrogens is 178 g/mol. The van der Waals surface area contributed by atoms with Crippen LogP contribution in [0.4, 0.5) is 0 Å². The fraction of sp³-hybridized carbons (Fsp3) is 0. The van der Waals surface area contributed by atoms with Gasteiger partial charge in [0.2, 0.25) is 0 Å². The predicted octanol–water partition coefficient (Wildman–Crippen LogP) is 3.40. The Morgan fingerprint density at radius 2 is 1.92 bits per heavy atom. The first kappa shape index (κ1) is 7.04. The molecule has 0 radical (unpaired) electrons. The normalized spacial score (nSPS) is 11.1. The third-order valence-electron chi connectivity index (χ3n) is 2.15. The van der Waals surface area contributed by atoms with E-state index in [0.29, 0.717) is 0 Å². The van der Waals surface area contributed by atoms with Crippen molar-refractivity contribution in [2.45, 2.75) is 0 Å². The van der Waals surface area contributed by atoms with E-state index in [1.54, 1.807) is 11.3 Å². The molecule has 0 saturated heterocycles. The summed E-state index contributed by atoms with van der Waals surface area (Å²) in [7, 11) is 0. The van der Waals surface area contributed by atoms with Crippen molar-refractivity contribution in [3.63, 3.8) is 0 Å². The Morgan fingerprint density at radius 3 is 2.92 bits per heavy atom. The molecule has 0 aromatic carbocycles. The van der Waals surface area contributed by atoms with Crippen molar-refractivity contribution in [1.82, 2.24) is 4.98 Å². The number of thiophene rings is 1. The van der Waals surface area contributed by atoms with Crippen LogP contribution >= 0.6 is 11.3 Å². The molecule has 1 aliphatic heterocycles. The van der Waals surface area contributed by atoms with Gasteiger partial charge in [-0.3, -0.25) is 0 Å². The highest BCUT2D eigenvalue weighted by Crippen LogP contribution is 2.33. The molecular formula is C11H7NS. The minimum atomic E-state index is 1.09. The molecule has 3 rings (SSSR count). The maximum absolute atomic E-state index is 4.53. The molecule has 1 nitrogen and oxygen atoms in total. The first-order chi connectivity index (χ1) is 6.45. The van der Waals surface area contributed by atoms with Gasteiger partial charge in [0.1, 0.15) is 0 Å². The summed E-state index contributed by atoms with van der Waals surface area (Å²) in [4.78, 5) is 4.53. The smallest absolute Gasteiger partial charge is 0.0824 e. The summed E-state index contributed by atoms with van der Waals surface area (Å²) < 4.78 is 1.30. The van der Waals surface area contributed by atoms with Crippen LogP contribution in [0, 0.1) is 0 Å². The minimum Gasteiger partial charge on any atom is -0.247 e. The SMILES string of the molecule is c1ccc2nc3ccsc3c-2cc1. The second-order valence-corrected chi connectivity index (χ2v) is 3.87. The van der Waals surface area contributed by atoms with Crippen molar-refractivity contribution in [3.05, 3.63) is 41.8 Å². The molecule has 0 N–H and O–H groups in total. The Bertz CT molecular complexity index is 527. The standard InChI is InChI=1S/C11H7NS/c1-2-4-8-9(5-3-1)12-10-6-7-13-11(8)10/h1-7H. The summed E-state index contributed by atoms with van der Waals surface area (Å²) in [6.45, 7) is 0. The molecule has 1 aromatic rings. The topological polar surface area (TPSA) is 12.9 Å². The number of hydrogen-bond donors (Lipinski definition) is 0. The Labute approximate surface area is 80.0 Å². The molecule has 2 heteroatoms. The maximum atomic E-state index is 4.53. The van der Waals surface area contributed by atoms with Gasteiger partial charge in [-0.25, -0.2) is 4.98 Å². The molecule has 62 valence electrons. The maximum Gasteiger partial charge on any atom is 0.0824 e. The largest absolute Gasteiger partial charge is 0.247 e. The molecule has 2 heterocycles. The van der Waals surface area contributed by atoms with Gasteiger partial charge in [0.05, 0.1) is 15.9 Å². The van der Waals surface area contributed by atoms with Crippen LogP contribution in [0.15, 0.2) is 41.8 Å². The van der Waals surface area contributed by atoms with Gasteiger partial charge < -0.3 is 0 Å². The average molecular weight is 185 g/mol. The van der Waals surface area contributed by atoms with Crippen molar-refractivity contribution in [1.29, 1.82) is 0 Å². The lowest BCUT2D eigenvalue weighted by atomic mass is 10.2. The van der Waals surface area contributed by atoms with Crippen LogP contribution in [-0.2, 0) is 0 Å². The van der Waals surface area contributed by atoms with E-state index in [4.69, 9.17) is 0 Å². The van der Waals surface area contributed by atoms with Gasteiger partial charge in [0.25, 0.3) is 0 Å². The third-order valence-corrected chi connectivity index (χ3v) is 3.08. The summed E-state index contributed by atoms with van der Waals surface area (Å²) in [5, 5.41) is 2.09. The Kier molecular flexibility index (Phi) is 1.37. The molecule has 0 bridgehead atoms. The lowest BCUT2D eigenvalue weighted by Gasteiger charge is -1.86. The molecule has 0 atom stereocenters. The Morgan fingerprint density at radius 1 is 1.00 bits per heavy atom. The number of fused-ring (bicyclic) bond motifs is 3. The van der Waals surface area contributed by atoms with Gasteiger partial charge >= 0.3 is 0 Å². The number of nitrogens with zero attached hydrogens (tertiary/aromatic N) is 1. The van der Waals surface area contributed by atoms with E-state index in [2.05, 4.69) is 34.6 Å². The second kappa shape index (κ2) is 2.54. The van der Waals surface area contributed by atoms with Gasteiger partial charge in [-0.15, -0.1) is 11.3 Å². The van der Waals surface area contributed by atoms with Crippen molar-refractivity contribution in [2.75, 3.05) is 0 Å². The van der Waals surface area contributed by atoms with E-state index in [-0.39, 0.29) is 0 Å². The molecule has 0 saturated carbocycles. The molecule has 0 amide bonds. The fourth-order valence-electron chi connectivity index (χ4n) is 1.55. The first-order valence-electron chi connectivity index (χ1n) is 4.17. The second-order valence-electron chi connectivity index (χ2n) is 2.96. The Hall–Kier alpha value is -1.41. The molecule has 0 unspecified atom stereocenters. The average Bonchev–Trinajstić information content (AvgIpc) is 2.61. The third kappa shape index (κ3) is 0.956. The highest BCUT2D eigenvalue weighted by Gasteiger charge is 2.09. The van der Waals surface area contributed by atoms with E-state index >= 15 is 0 Å². The van der Waals surface area contributed by atoms with E-state index in [0.717, 1.165) is 11.2 Å². The molecule has 1 aromatic heterocycles. The summed E-state index contributed by atoms with van der Waals surface area (Å²) in [5.74, 6) is 0. The quantitative estimate of drug-likeness (QED) is 0.523.